The maximum Gasteiger partial charge on any atom is 0.235 e. The molecule has 5 aromatic heterocycles. The van der Waals surface area contributed by atoms with Gasteiger partial charge in [0, 0.05) is 47.3 Å². The summed E-state index contributed by atoms with van der Waals surface area (Å²) >= 11 is 1.53. The number of hydrogen-bond acceptors (Lipinski definition) is 16. The maximum absolute atomic E-state index is 12.7. The third-order valence-electron chi connectivity index (χ3n) is 16.1. The topological polar surface area (TPSA) is 216 Å². The fourth-order valence-electron chi connectivity index (χ4n) is 12.3. The highest BCUT2D eigenvalue weighted by Crippen LogP contribution is 2.55. The van der Waals surface area contributed by atoms with E-state index in [1.54, 1.807) is 18.5 Å². The number of rotatable bonds is 11. The van der Waals surface area contributed by atoms with Crippen LogP contribution < -0.4 is 20.5 Å². The zero-order valence-corrected chi connectivity index (χ0v) is 39.7. The SMILES string of the molecule is Cn1nc(C2CCC(=O)NC2=O)c2ccc(C3CCN(C4CCN(CC5(COc6cc(Oc7cncnc7)nc(-c7noc8c7CCC[C@@]87CCCc8sc(N)c(C#N)c87)n6)CC5)CC4)CC3)cc21. The molecule has 3 aliphatic carbocycles. The van der Waals surface area contributed by atoms with E-state index in [9.17, 15) is 14.9 Å². The number of nitriles is 1. The van der Waals surface area contributed by atoms with E-state index in [1.807, 2.05) is 11.7 Å². The van der Waals surface area contributed by atoms with Crippen LogP contribution in [0.5, 0.6) is 17.5 Å². The first kappa shape index (κ1) is 44.0. The van der Waals surface area contributed by atoms with Crippen LogP contribution in [0.3, 0.4) is 0 Å². The van der Waals surface area contributed by atoms with E-state index >= 15 is 0 Å². The molecular formula is C51H56N12O5S. The minimum atomic E-state index is -0.462. The lowest BCUT2D eigenvalue weighted by Gasteiger charge is -2.42. The van der Waals surface area contributed by atoms with Gasteiger partial charge in [-0.05, 0) is 133 Å². The van der Waals surface area contributed by atoms with Crippen molar-refractivity contribution in [1.82, 2.24) is 50.0 Å². The summed E-state index contributed by atoms with van der Waals surface area (Å²) in [5.74, 6) is 1.96. The molecule has 6 aromatic rings. The monoisotopic (exact) mass is 948 g/mol. The summed E-state index contributed by atoms with van der Waals surface area (Å²) in [5.41, 5.74) is 12.3. The van der Waals surface area contributed by atoms with Crippen molar-refractivity contribution in [3.05, 3.63) is 81.6 Å². The van der Waals surface area contributed by atoms with E-state index in [-0.39, 0.29) is 17.2 Å². The number of likely N-dealkylation sites (tertiary alicyclic amines) is 2. The molecule has 3 aliphatic heterocycles. The van der Waals surface area contributed by atoms with Gasteiger partial charge in [0.1, 0.15) is 17.4 Å². The lowest BCUT2D eigenvalue weighted by atomic mass is 9.63. The number of fused-ring (bicyclic) bond motifs is 5. The highest BCUT2D eigenvalue weighted by Gasteiger charge is 2.49. The molecule has 8 heterocycles. The number of anilines is 1. The quantitative estimate of drug-likeness (QED) is 0.124. The Labute approximate surface area is 403 Å². The molecule has 3 saturated heterocycles. The number of nitrogen functional groups attached to an aromatic ring is 1. The molecule has 1 unspecified atom stereocenters. The molecule has 0 radical (unpaired) electrons. The van der Waals surface area contributed by atoms with Crippen LogP contribution in [0.4, 0.5) is 5.00 Å². The fourth-order valence-corrected chi connectivity index (χ4v) is 13.5. The Kier molecular flexibility index (Phi) is 11.2. The number of ether oxygens (including phenoxy) is 2. The third kappa shape index (κ3) is 8.11. The van der Waals surface area contributed by atoms with E-state index in [4.69, 9.17) is 34.8 Å². The second-order valence-corrected chi connectivity index (χ2v) is 21.5. The molecule has 2 atom stereocenters. The van der Waals surface area contributed by atoms with E-state index in [1.165, 1.54) is 28.1 Å². The lowest BCUT2D eigenvalue weighted by Crippen LogP contribution is -2.48. The van der Waals surface area contributed by atoms with Crippen molar-refractivity contribution in [3.8, 4) is 35.1 Å². The number of imide groups is 1. The zero-order chi connectivity index (χ0) is 46.9. The second-order valence-electron chi connectivity index (χ2n) is 20.3. The van der Waals surface area contributed by atoms with Crippen molar-refractivity contribution in [2.24, 2.45) is 12.5 Å². The van der Waals surface area contributed by atoms with E-state index < -0.39 is 11.3 Å². The Morgan fingerprint density at radius 1 is 0.957 bits per heavy atom. The number of carbonyl (C=O) groups is 2. The summed E-state index contributed by atoms with van der Waals surface area (Å²) < 4.78 is 21.0. The summed E-state index contributed by atoms with van der Waals surface area (Å²) in [6.45, 7) is 5.85. The number of thiophene rings is 1. The fraction of sp³-hybridized carbons (Fsp3) is 0.510. The zero-order valence-electron chi connectivity index (χ0n) is 38.9. The van der Waals surface area contributed by atoms with Crippen LogP contribution in [-0.4, -0.2) is 102 Å². The molecular weight excluding hydrogens is 893 g/mol. The molecule has 1 spiro atoms. The van der Waals surface area contributed by atoms with Crippen molar-refractivity contribution >= 4 is 39.1 Å². The largest absolute Gasteiger partial charge is 0.477 e. The minimum Gasteiger partial charge on any atom is -0.477 e. The van der Waals surface area contributed by atoms with Crippen molar-refractivity contribution in [2.75, 3.05) is 45.1 Å². The normalized spacial score (nSPS) is 23.1. The Morgan fingerprint density at radius 2 is 1.74 bits per heavy atom. The molecule has 18 heteroatoms. The first-order valence-corrected chi connectivity index (χ1v) is 25.5. The number of carbonyl (C=O) groups excluding carboxylic acids is 2. The van der Waals surface area contributed by atoms with Gasteiger partial charge in [0.25, 0.3) is 0 Å². The predicted molar refractivity (Wildman–Crippen MR) is 256 cm³/mol. The molecule has 2 amide bonds. The number of hydrogen-bond donors (Lipinski definition) is 2. The predicted octanol–water partition coefficient (Wildman–Crippen LogP) is 7.10. The minimum absolute atomic E-state index is 0.0567. The van der Waals surface area contributed by atoms with E-state index in [0.717, 1.165) is 143 Å². The summed E-state index contributed by atoms with van der Waals surface area (Å²) in [6.07, 6.45) is 17.5. The number of aromatic nitrogens is 7. The summed E-state index contributed by atoms with van der Waals surface area (Å²) in [6, 6.07) is 11.4. The number of benzene rings is 1. The van der Waals surface area contributed by atoms with Crippen molar-refractivity contribution in [3.63, 3.8) is 0 Å². The van der Waals surface area contributed by atoms with Crippen LogP contribution in [0.1, 0.15) is 127 Å². The van der Waals surface area contributed by atoms with Crippen molar-refractivity contribution < 1.29 is 23.6 Å². The van der Waals surface area contributed by atoms with Gasteiger partial charge >= 0.3 is 0 Å². The molecule has 6 aliphatic rings. The first-order chi connectivity index (χ1) is 33.7. The van der Waals surface area contributed by atoms with Gasteiger partial charge in [-0.25, -0.2) is 9.97 Å². The summed E-state index contributed by atoms with van der Waals surface area (Å²) in [7, 11) is 1.94. The number of amides is 2. The Hall–Kier alpha value is -6.29. The number of aryl methyl sites for hydroxylation is 2. The van der Waals surface area contributed by atoms with Gasteiger partial charge in [-0.2, -0.15) is 20.3 Å². The second kappa shape index (κ2) is 17.6. The van der Waals surface area contributed by atoms with Gasteiger partial charge in [0.2, 0.25) is 23.6 Å². The van der Waals surface area contributed by atoms with Crippen molar-refractivity contribution in [1.29, 1.82) is 5.26 Å². The van der Waals surface area contributed by atoms with Gasteiger partial charge in [-0.1, -0.05) is 17.3 Å². The highest BCUT2D eigenvalue weighted by molar-refractivity contribution is 7.16. The Morgan fingerprint density at radius 3 is 2.51 bits per heavy atom. The van der Waals surface area contributed by atoms with Gasteiger partial charge in [0.15, 0.2) is 23.0 Å². The molecule has 12 rings (SSSR count). The van der Waals surface area contributed by atoms with Crippen LogP contribution in [0, 0.1) is 16.7 Å². The summed E-state index contributed by atoms with van der Waals surface area (Å²) in [5, 5.41) is 23.7. The molecule has 356 valence electrons. The Bertz CT molecular complexity index is 2990. The summed E-state index contributed by atoms with van der Waals surface area (Å²) in [4.78, 5) is 49.0. The standard InChI is InChI=1S/C51H56N12O5S/c1-61-38-22-31(6-7-34(38)44(59-61)36-8-9-40(64)56-49(36)65)30-10-20-63(21-11-30)32-12-18-62(19-13-32)27-50(16-17-50)28-66-41-23-42(67-33-25-54-29-55-26-33)58-48(57-41)45-35-4-2-14-51(46(35)68-60-45)15-3-5-39-43(51)37(24-52)47(53)69-39/h6-7,22-23,25-26,29-30,32,36H,2-5,8-21,27-28,53H2,1H3,(H,56,64,65)/t36?,51-/m0/s1. The Balaban J connectivity index is 0.691. The van der Waals surface area contributed by atoms with Gasteiger partial charge in [0.05, 0.1) is 53.2 Å². The maximum atomic E-state index is 12.7. The lowest BCUT2D eigenvalue weighted by molar-refractivity contribution is -0.134. The molecule has 17 nitrogen and oxygen atoms in total. The van der Waals surface area contributed by atoms with Gasteiger partial charge < -0.3 is 29.5 Å². The number of nitrogens with zero attached hydrogens (tertiary/aromatic N) is 10. The van der Waals surface area contributed by atoms with Crippen LogP contribution in [0.25, 0.3) is 22.4 Å². The van der Waals surface area contributed by atoms with Crippen LogP contribution in [0.15, 0.2) is 47.5 Å². The molecule has 0 bridgehead atoms. The molecule has 3 N–H and O–H groups in total. The van der Waals surface area contributed by atoms with Gasteiger partial charge in [-0.3, -0.25) is 19.6 Å². The van der Waals surface area contributed by atoms with Crippen LogP contribution >= 0.6 is 11.3 Å². The first-order valence-electron chi connectivity index (χ1n) is 24.7. The van der Waals surface area contributed by atoms with Crippen LogP contribution in [-0.2, 0) is 34.9 Å². The van der Waals surface area contributed by atoms with E-state index in [2.05, 4.69) is 54.5 Å². The van der Waals surface area contributed by atoms with Crippen LogP contribution in [0.2, 0.25) is 0 Å². The number of nitrogens with one attached hydrogen (secondary N) is 1. The smallest absolute Gasteiger partial charge is 0.235 e. The van der Waals surface area contributed by atoms with Crippen molar-refractivity contribution in [2.45, 2.75) is 113 Å². The molecule has 69 heavy (non-hydrogen) atoms. The average molecular weight is 949 g/mol. The van der Waals surface area contributed by atoms with Gasteiger partial charge in [-0.15, -0.1) is 11.3 Å². The molecule has 4 fully saturated rings. The molecule has 1 aromatic carbocycles. The number of piperidine rings is 3. The highest BCUT2D eigenvalue weighted by atomic mass is 32.1. The average Bonchev–Trinajstić information content (AvgIpc) is 3.65. The molecule has 1 saturated carbocycles. The number of nitrogens with two attached hydrogens (primary N) is 1. The third-order valence-corrected chi connectivity index (χ3v) is 17.2. The van der Waals surface area contributed by atoms with E-state index in [0.29, 0.717) is 71.0 Å².